The van der Waals surface area contributed by atoms with E-state index in [0.717, 1.165) is 106 Å². The van der Waals surface area contributed by atoms with Crippen LogP contribution in [0.2, 0.25) is 0 Å². The predicted molar refractivity (Wildman–Crippen MR) is 193 cm³/mol. The molecule has 10 nitrogen and oxygen atoms in total. The highest BCUT2D eigenvalue weighted by atomic mass is 16.6. The van der Waals surface area contributed by atoms with Gasteiger partial charge in [0.2, 0.25) is 5.91 Å². The SMILES string of the molecule is Cc1cc(C[C@@H](OC(=O)N2CCC(CCC3CCc4ccccc4NC3=O)CC2)C(=O)N2CCC(N3CCN(C)CC3)CC2)cc(C)c1N. The predicted octanol–water partition coefficient (Wildman–Crippen LogP) is 4.87. The standard InChI is InChI=1S/C39H56N6O4/c1-27-24-30(25-28(2)36(27)40)26-35(38(47)44-18-14-33(15-19-44)43-22-20-42(3)21-23-43)49-39(48)45-16-12-29(13-17-45)8-9-32-11-10-31-6-4-5-7-34(31)41-37(32)46/h4-7,24-25,29,32-33,35H,8-23,26,40H2,1-3H3,(H,41,46)/t32?,35-/m1/s1. The zero-order valence-electron chi connectivity index (χ0n) is 29.8. The van der Waals surface area contributed by atoms with Gasteiger partial charge in [0.05, 0.1) is 0 Å². The fourth-order valence-electron chi connectivity index (χ4n) is 8.29. The van der Waals surface area contributed by atoms with Gasteiger partial charge in [-0.1, -0.05) is 30.3 Å². The molecule has 0 aliphatic carbocycles. The van der Waals surface area contributed by atoms with Crippen LogP contribution in [0.25, 0.3) is 0 Å². The lowest BCUT2D eigenvalue weighted by molar-refractivity contribution is -0.142. The largest absolute Gasteiger partial charge is 0.436 e. The highest BCUT2D eigenvalue weighted by Crippen LogP contribution is 2.31. The molecular formula is C39H56N6O4. The number of benzene rings is 2. The Balaban J connectivity index is 1.03. The molecule has 3 saturated heterocycles. The first-order chi connectivity index (χ1) is 23.6. The third-order valence-corrected chi connectivity index (χ3v) is 11.6. The van der Waals surface area contributed by atoms with E-state index in [1.807, 2.05) is 49.1 Å². The van der Waals surface area contributed by atoms with Crippen molar-refractivity contribution in [2.24, 2.45) is 11.8 Å². The molecule has 266 valence electrons. The Morgan fingerprint density at radius 2 is 1.53 bits per heavy atom. The number of piperidine rings is 2. The molecule has 3 N–H and O–H groups in total. The summed E-state index contributed by atoms with van der Waals surface area (Å²) in [6.07, 6.45) is 6.27. The Bertz CT molecular complexity index is 1450. The summed E-state index contributed by atoms with van der Waals surface area (Å²) in [6.45, 7) is 10.8. The summed E-state index contributed by atoms with van der Waals surface area (Å²) >= 11 is 0. The first-order valence-corrected chi connectivity index (χ1v) is 18.6. The molecule has 3 fully saturated rings. The average Bonchev–Trinajstić information content (AvgIpc) is 3.27. The van der Waals surface area contributed by atoms with Gasteiger partial charge in [0, 0.05) is 82.1 Å². The van der Waals surface area contributed by atoms with E-state index in [-0.39, 0.29) is 17.7 Å². The van der Waals surface area contributed by atoms with Gasteiger partial charge in [0.1, 0.15) is 0 Å². The summed E-state index contributed by atoms with van der Waals surface area (Å²) < 4.78 is 6.12. The monoisotopic (exact) mass is 672 g/mol. The van der Waals surface area contributed by atoms with Gasteiger partial charge in [-0.25, -0.2) is 4.79 Å². The summed E-state index contributed by atoms with van der Waals surface area (Å²) in [5.41, 5.74) is 12.0. The van der Waals surface area contributed by atoms with Crippen molar-refractivity contribution in [2.45, 2.75) is 83.8 Å². The van der Waals surface area contributed by atoms with Crippen LogP contribution >= 0.6 is 0 Å². The number of nitrogens with one attached hydrogen (secondary N) is 1. The number of nitrogens with two attached hydrogens (primary N) is 1. The fraction of sp³-hybridized carbons (Fsp3) is 0.615. The highest BCUT2D eigenvalue weighted by molar-refractivity contribution is 5.94. The van der Waals surface area contributed by atoms with Crippen LogP contribution in [0.4, 0.5) is 16.2 Å². The second-order valence-electron chi connectivity index (χ2n) is 15.0. The molecule has 0 saturated carbocycles. The van der Waals surface area contributed by atoms with Crippen LogP contribution in [0.15, 0.2) is 36.4 Å². The number of nitrogen functional groups attached to an aromatic ring is 1. The number of ether oxygens (including phenoxy) is 1. The minimum absolute atomic E-state index is 0.00870. The van der Waals surface area contributed by atoms with Gasteiger partial charge in [0.15, 0.2) is 6.10 Å². The van der Waals surface area contributed by atoms with Crippen molar-refractivity contribution in [1.82, 2.24) is 19.6 Å². The van der Waals surface area contributed by atoms with E-state index in [0.29, 0.717) is 44.6 Å². The Labute approximate surface area is 292 Å². The Kier molecular flexibility index (Phi) is 11.4. The molecule has 3 amide bonds. The molecule has 49 heavy (non-hydrogen) atoms. The molecule has 1 unspecified atom stereocenters. The number of carbonyl (C=O) groups excluding carboxylic acids is 3. The third-order valence-electron chi connectivity index (χ3n) is 11.6. The average molecular weight is 673 g/mol. The Morgan fingerprint density at radius 3 is 2.22 bits per heavy atom. The number of aryl methyl sites for hydroxylation is 3. The Hall–Kier alpha value is -3.63. The van der Waals surface area contributed by atoms with Crippen LogP contribution in [-0.4, -0.2) is 109 Å². The first kappa shape index (κ1) is 35.2. The van der Waals surface area contributed by atoms with Crippen LogP contribution in [0.5, 0.6) is 0 Å². The number of rotatable bonds is 8. The number of likely N-dealkylation sites (tertiary alicyclic amines) is 2. The Morgan fingerprint density at radius 1 is 0.878 bits per heavy atom. The number of piperazine rings is 1. The maximum Gasteiger partial charge on any atom is 0.410 e. The molecule has 6 rings (SSSR count). The number of hydrogen-bond donors (Lipinski definition) is 2. The van der Waals surface area contributed by atoms with Crippen LogP contribution in [0.3, 0.4) is 0 Å². The van der Waals surface area contributed by atoms with Gasteiger partial charge in [-0.3, -0.25) is 14.5 Å². The van der Waals surface area contributed by atoms with Crippen molar-refractivity contribution >= 4 is 29.3 Å². The van der Waals surface area contributed by atoms with E-state index in [1.165, 1.54) is 5.56 Å². The number of fused-ring (bicyclic) bond motifs is 1. The molecule has 2 aromatic rings. The van der Waals surface area contributed by atoms with Gasteiger partial charge in [0.25, 0.3) is 5.91 Å². The van der Waals surface area contributed by atoms with Gasteiger partial charge in [-0.2, -0.15) is 0 Å². The van der Waals surface area contributed by atoms with Crippen molar-refractivity contribution < 1.29 is 19.1 Å². The highest BCUT2D eigenvalue weighted by Gasteiger charge is 2.35. The second-order valence-corrected chi connectivity index (χ2v) is 15.0. The molecule has 4 aliphatic heterocycles. The van der Waals surface area contributed by atoms with Crippen LogP contribution in [0.1, 0.15) is 67.2 Å². The summed E-state index contributed by atoms with van der Waals surface area (Å²) in [7, 11) is 2.17. The molecule has 10 heteroatoms. The number of amides is 3. The number of nitrogens with zero attached hydrogens (tertiary/aromatic N) is 4. The molecule has 2 aromatic carbocycles. The van der Waals surface area contributed by atoms with E-state index < -0.39 is 12.2 Å². The van der Waals surface area contributed by atoms with Crippen molar-refractivity contribution in [1.29, 1.82) is 0 Å². The smallest absolute Gasteiger partial charge is 0.410 e. The zero-order valence-corrected chi connectivity index (χ0v) is 29.8. The van der Waals surface area contributed by atoms with Crippen molar-refractivity contribution in [3.63, 3.8) is 0 Å². The van der Waals surface area contributed by atoms with Gasteiger partial charge < -0.3 is 30.5 Å². The molecule has 4 aliphatic rings. The van der Waals surface area contributed by atoms with Gasteiger partial charge in [-0.05, 0) is 106 Å². The number of anilines is 2. The second kappa shape index (κ2) is 15.9. The minimum atomic E-state index is -0.884. The van der Waals surface area contributed by atoms with E-state index in [2.05, 4.69) is 28.2 Å². The lowest BCUT2D eigenvalue weighted by Gasteiger charge is -2.42. The van der Waals surface area contributed by atoms with Crippen LogP contribution in [-0.2, 0) is 27.2 Å². The minimum Gasteiger partial charge on any atom is -0.436 e. The van der Waals surface area contributed by atoms with E-state index >= 15 is 0 Å². The summed E-state index contributed by atoms with van der Waals surface area (Å²) in [5.74, 6) is 0.490. The third kappa shape index (κ3) is 8.76. The molecule has 0 spiro atoms. The lowest BCUT2D eigenvalue weighted by atomic mass is 9.87. The molecule has 0 bridgehead atoms. The lowest BCUT2D eigenvalue weighted by Crippen LogP contribution is -2.54. The number of hydrogen-bond acceptors (Lipinski definition) is 7. The van der Waals surface area contributed by atoms with E-state index in [9.17, 15) is 14.4 Å². The van der Waals surface area contributed by atoms with Crippen molar-refractivity contribution in [3.05, 3.63) is 58.7 Å². The zero-order chi connectivity index (χ0) is 34.5. The number of para-hydroxylation sites is 1. The molecule has 4 heterocycles. The van der Waals surface area contributed by atoms with E-state index in [1.54, 1.807) is 4.90 Å². The number of carbonyl (C=O) groups is 3. The quantitative estimate of drug-likeness (QED) is 0.386. The molecule has 0 radical (unpaired) electrons. The molecular weight excluding hydrogens is 616 g/mol. The maximum atomic E-state index is 14.0. The molecule has 2 atom stereocenters. The normalized spacial score (nSPS) is 22.3. The molecule has 0 aromatic heterocycles. The number of likely N-dealkylation sites (N-methyl/N-ethyl adjacent to an activating group) is 1. The topological polar surface area (TPSA) is 111 Å². The van der Waals surface area contributed by atoms with Crippen LogP contribution < -0.4 is 11.1 Å². The fourth-order valence-corrected chi connectivity index (χ4v) is 8.29. The van der Waals surface area contributed by atoms with Gasteiger partial charge >= 0.3 is 6.09 Å². The summed E-state index contributed by atoms with van der Waals surface area (Å²) in [5, 5.41) is 3.13. The summed E-state index contributed by atoms with van der Waals surface area (Å²) in [6, 6.07) is 12.6. The van der Waals surface area contributed by atoms with E-state index in [4.69, 9.17) is 10.5 Å². The first-order valence-electron chi connectivity index (χ1n) is 18.6. The van der Waals surface area contributed by atoms with Crippen molar-refractivity contribution in [3.8, 4) is 0 Å². The van der Waals surface area contributed by atoms with Gasteiger partial charge in [-0.15, -0.1) is 0 Å². The summed E-state index contributed by atoms with van der Waals surface area (Å²) in [4.78, 5) is 49.2. The maximum absolute atomic E-state index is 14.0. The van der Waals surface area contributed by atoms with Crippen LogP contribution in [0, 0.1) is 25.7 Å². The van der Waals surface area contributed by atoms with Crippen molar-refractivity contribution in [2.75, 3.05) is 70.5 Å².